The van der Waals surface area contributed by atoms with Crippen molar-refractivity contribution < 1.29 is 18.7 Å². The van der Waals surface area contributed by atoms with Gasteiger partial charge >= 0.3 is 0 Å². The summed E-state index contributed by atoms with van der Waals surface area (Å²) >= 11 is 15.5. The minimum absolute atomic E-state index is 0.00707. The maximum absolute atomic E-state index is 13.7. The Hall–Kier alpha value is -2.94. The molecule has 1 unspecified atom stereocenters. The number of hydrogen-bond donors (Lipinski definition) is 2. The van der Waals surface area contributed by atoms with Crippen LogP contribution in [-0.2, 0) is 16.2 Å². The summed E-state index contributed by atoms with van der Waals surface area (Å²) in [6, 6.07) is 16.1. The molecule has 0 saturated heterocycles. The van der Waals surface area contributed by atoms with Crippen LogP contribution in [0.1, 0.15) is 18.1 Å². The molecule has 6 nitrogen and oxygen atoms in total. The monoisotopic (exact) mass is 565 g/mol. The average molecular weight is 567 g/mol. The molecule has 0 bridgehead atoms. The van der Waals surface area contributed by atoms with Crippen molar-refractivity contribution in [2.24, 2.45) is 11.0 Å². The fourth-order valence-corrected chi connectivity index (χ4v) is 3.57. The topological polar surface area (TPSA) is 79.8 Å². The molecule has 2 N–H and O–H groups in total. The van der Waals surface area contributed by atoms with E-state index in [9.17, 15) is 14.0 Å². The van der Waals surface area contributed by atoms with Crippen LogP contribution in [-0.4, -0.2) is 18.0 Å². The number of carbonyl (C=O) groups is 2. The van der Waals surface area contributed by atoms with Gasteiger partial charge in [-0.2, -0.15) is 5.10 Å². The van der Waals surface area contributed by atoms with Gasteiger partial charge in [0.05, 0.1) is 11.9 Å². The number of halogens is 4. The van der Waals surface area contributed by atoms with Crippen molar-refractivity contribution in [2.75, 3.05) is 5.32 Å². The Kier molecular flexibility index (Phi) is 9.04. The van der Waals surface area contributed by atoms with Crippen molar-refractivity contribution in [2.45, 2.75) is 13.5 Å². The third-order valence-corrected chi connectivity index (χ3v) is 5.75. The van der Waals surface area contributed by atoms with E-state index in [4.69, 9.17) is 27.9 Å². The molecule has 0 radical (unpaired) electrons. The number of amides is 2. The Morgan fingerprint density at radius 3 is 2.62 bits per heavy atom. The molecule has 3 aromatic carbocycles. The minimum atomic E-state index is -1.11. The van der Waals surface area contributed by atoms with E-state index < -0.39 is 23.5 Å². The van der Waals surface area contributed by atoms with Crippen LogP contribution in [0.25, 0.3) is 0 Å². The standard InChI is InChI=1S/C24H19BrCl2FN3O3/c1-14(23(32)30-21-5-3-2-4-20(21)28)24(33)31-29-12-16-10-17(25)7-9-22(16)34-13-15-6-8-18(26)11-19(15)27/h2-12,14H,13H2,1H3,(H,30,32)(H,31,33). The van der Waals surface area contributed by atoms with Gasteiger partial charge in [0, 0.05) is 25.6 Å². The van der Waals surface area contributed by atoms with E-state index in [0.29, 0.717) is 21.4 Å². The van der Waals surface area contributed by atoms with E-state index in [1.165, 1.54) is 31.3 Å². The van der Waals surface area contributed by atoms with Crippen molar-refractivity contribution in [3.05, 3.63) is 92.1 Å². The molecule has 0 aliphatic rings. The molecule has 0 aromatic heterocycles. The fourth-order valence-electron chi connectivity index (χ4n) is 2.73. The molecule has 0 saturated carbocycles. The van der Waals surface area contributed by atoms with Gasteiger partial charge < -0.3 is 10.1 Å². The van der Waals surface area contributed by atoms with Gasteiger partial charge in [0.1, 0.15) is 24.1 Å². The quantitative estimate of drug-likeness (QED) is 0.193. The number of para-hydroxylation sites is 1. The van der Waals surface area contributed by atoms with Crippen LogP contribution in [0.2, 0.25) is 10.0 Å². The largest absolute Gasteiger partial charge is 0.488 e. The zero-order valence-electron chi connectivity index (χ0n) is 17.8. The number of nitrogens with zero attached hydrogens (tertiary/aromatic N) is 1. The molecule has 0 aliphatic carbocycles. The molecule has 176 valence electrons. The van der Waals surface area contributed by atoms with Crippen LogP contribution in [0, 0.1) is 11.7 Å². The van der Waals surface area contributed by atoms with E-state index in [1.807, 2.05) is 0 Å². The van der Waals surface area contributed by atoms with Crippen LogP contribution in [0.3, 0.4) is 0 Å². The van der Waals surface area contributed by atoms with E-state index in [1.54, 1.807) is 42.5 Å². The van der Waals surface area contributed by atoms with Gasteiger partial charge in [0.25, 0.3) is 5.91 Å². The molecule has 3 aromatic rings. The zero-order valence-corrected chi connectivity index (χ0v) is 20.9. The lowest BCUT2D eigenvalue weighted by Crippen LogP contribution is -2.34. The summed E-state index contributed by atoms with van der Waals surface area (Å²) in [7, 11) is 0. The summed E-state index contributed by atoms with van der Waals surface area (Å²) in [6.45, 7) is 1.59. The highest BCUT2D eigenvalue weighted by molar-refractivity contribution is 9.10. The Morgan fingerprint density at radius 1 is 1.12 bits per heavy atom. The number of anilines is 1. The lowest BCUT2D eigenvalue weighted by atomic mass is 10.1. The Balaban J connectivity index is 1.63. The number of hydrogen-bond acceptors (Lipinski definition) is 4. The zero-order chi connectivity index (χ0) is 24.7. The first kappa shape index (κ1) is 25.7. The van der Waals surface area contributed by atoms with E-state index >= 15 is 0 Å². The average Bonchev–Trinajstić information content (AvgIpc) is 2.80. The summed E-state index contributed by atoms with van der Waals surface area (Å²) in [5.74, 6) is -2.53. The molecule has 2 amide bonds. The van der Waals surface area contributed by atoms with Crippen LogP contribution in [0.5, 0.6) is 5.75 Å². The van der Waals surface area contributed by atoms with Gasteiger partial charge in [0.15, 0.2) is 0 Å². The van der Waals surface area contributed by atoms with E-state index in [2.05, 4.69) is 31.8 Å². The third kappa shape index (κ3) is 7.03. The summed E-state index contributed by atoms with van der Waals surface area (Å²) in [5.41, 5.74) is 3.63. The van der Waals surface area contributed by atoms with Crippen molar-refractivity contribution >= 4 is 62.8 Å². The normalized spacial score (nSPS) is 11.8. The fraction of sp³-hybridized carbons (Fsp3) is 0.125. The maximum atomic E-state index is 13.7. The van der Waals surface area contributed by atoms with Crippen molar-refractivity contribution in [3.8, 4) is 5.75 Å². The first-order valence-electron chi connectivity index (χ1n) is 9.99. The minimum Gasteiger partial charge on any atom is -0.488 e. The predicted molar refractivity (Wildman–Crippen MR) is 135 cm³/mol. The molecular weight excluding hydrogens is 548 g/mol. The molecule has 0 spiro atoms. The summed E-state index contributed by atoms with van der Waals surface area (Å²) in [6.07, 6.45) is 1.39. The number of hydrazone groups is 1. The summed E-state index contributed by atoms with van der Waals surface area (Å²) in [4.78, 5) is 24.6. The first-order valence-corrected chi connectivity index (χ1v) is 11.5. The highest BCUT2D eigenvalue weighted by atomic mass is 79.9. The number of nitrogens with one attached hydrogen (secondary N) is 2. The Bertz CT molecular complexity index is 1240. The molecule has 0 fully saturated rings. The van der Waals surface area contributed by atoms with Crippen LogP contribution in [0.15, 0.2) is 70.2 Å². The Morgan fingerprint density at radius 2 is 1.88 bits per heavy atom. The molecule has 1 atom stereocenters. The third-order valence-electron chi connectivity index (χ3n) is 4.67. The number of benzene rings is 3. The number of rotatable bonds is 8. The smallest absolute Gasteiger partial charge is 0.252 e. The molecule has 0 aliphatic heterocycles. The highest BCUT2D eigenvalue weighted by Crippen LogP contribution is 2.26. The van der Waals surface area contributed by atoms with Gasteiger partial charge in [-0.3, -0.25) is 9.59 Å². The number of carbonyl (C=O) groups excluding carboxylic acids is 2. The van der Waals surface area contributed by atoms with Gasteiger partial charge in [-0.25, -0.2) is 9.82 Å². The summed E-state index contributed by atoms with van der Waals surface area (Å²) in [5, 5.41) is 7.32. The highest BCUT2D eigenvalue weighted by Gasteiger charge is 2.22. The first-order chi connectivity index (χ1) is 16.2. The van der Waals surface area contributed by atoms with E-state index in [0.717, 1.165) is 10.0 Å². The van der Waals surface area contributed by atoms with Crippen LogP contribution in [0.4, 0.5) is 10.1 Å². The molecular formula is C24H19BrCl2FN3O3. The molecule has 0 heterocycles. The summed E-state index contributed by atoms with van der Waals surface area (Å²) < 4.78 is 20.4. The molecule has 10 heteroatoms. The van der Waals surface area contributed by atoms with Gasteiger partial charge in [-0.05, 0) is 49.4 Å². The second-order valence-electron chi connectivity index (χ2n) is 7.13. The lowest BCUT2D eigenvalue weighted by Gasteiger charge is -2.12. The van der Waals surface area contributed by atoms with Crippen LogP contribution >= 0.6 is 39.1 Å². The van der Waals surface area contributed by atoms with Crippen molar-refractivity contribution in [1.82, 2.24) is 5.43 Å². The van der Waals surface area contributed by atoms with Crippen LogP contribution < -0.4 is 15.5 Å². The second-order valence-corrected chi connectivity index (χ2v) is 8.89. The van der Waals surface area contributed by atoms with Crippen molar-refractivity contribution in [1.29, 1.82) is 0 Å². The van der Waals surface area contributed by atoms with Gasteiger partial charge in [0.2, 0.25) is 5.91 Å². The van der Waals surface area contributed by atoms with E-state index in [-0.39, 0.29) is 12.3 Å². The van der Waals surface area contributed by atoms with Crippen molar-refractivity contribution in [3.63, 3.8) is 0 Å². The number of ether oxygens (including phenoxy) is 1. The van der Waals surface area contributed by atoms with Gasteiger partial charge in [-0.1, -0.05) is 57.3 Å². The maximum Gasteiger partial charge on any atom is 0.252 e. The Labute approximate surface area is 214 Å². The predicted octanol–water partition coefficient (Wildman–Crippen LogP) is 6.20. The molecule has 34 heavy (non-hydrogen) atoms. The second kappa shape index (κ2) is 12.0. The van der Waals surface area contributed by atoms with Gasteiger partial charge in [-0.15, -0.1) is 0 Å². The lowest BCUT2D eigenvalue weighted by molar-refractivity contribution is -0.131. The SMILES string of the molecule is CC(C(=O)NN=Cc1cc(Br)ccc1OCc1ccc(Cl)cc1Cl)C(=O)Nc1ccccc1F. The molecule has 3 rings (SSSR count).